The number of hydrogen-bond acceptors (Lipinski definition) is 7. The molecule has 0 spiro atoms. The van der Waals surface area contributed by atoms with Crippen molar-refractivity contribution in [1.82, 2.24) is 15.2 Å². The van der Waals surface area contributed by atoms with Crippen LogP contribution in [0.4, 0.5) is 15.9 Å². The van der Waals surface area contributed by atoms with Gasteiger partial charge in [0.2, 0.25) is 5.89 Å². The Labute approximate surface area is 136 Å². The molecule has 24 heavy (non-hydrogen) atoms. The summed E-state index contributed by atoms with van der Waals surface area (Å²) >= 11 is 0. The average molecular weight is 328 g/mol. The fourth-order valence-electron chi connectivity index (χ4n) is 1.96. The van der Waals surface area contributed by atoms with Crippen LogP contribution in [0.2, 0.25) is 0 Å². The molecule has 1 aromatic carbocycles. The van der Waals surface area contributed by atoms with E-state index in [1.54, 1.807) is 31.2 Å². The summed E-state index contributed by atoms with van der Waals surface area (Å²) in [6.45, 7) is 1.48. The molecule has 0 aliphatic heterocycles. The van der Waals surface area contributed by atoms with E-state index in [9.17, 15) is 9.18 Å². The van der Waals surface area contributed by atoms with Crippen LogP contribution in [-0.2, 0) is 11.3 Å². The summed E-state index contributed by atoms with van der Waals surface area (Å²) in [5.41, 5.74) is 0.370. The second-order valence-corrected chi connectivity index (χ2v) is 4.80. The quantitative estimate of drug-likeness (QED) is 0.720. The van der Waals surface area contributed by atoms with Crippen LogP contribution < -0.4 is 5.32 Å². The third-order valence-electron chi connectivity index (χ3n) is 3.05. The number of nitrogens with one attached hydrogen (secondary N) is 1. The summed E-state index contributed by atoms with van der Waals surface area (Å²) in [4.78, 5) is 16.3. The monoisotopic (exact) mass is 328 g/mol. The van der Waals surface area contributed by atoms with Gasteiger partial charge >= 0.3 is 5.97 Å². The topological polar surface area (TPSA) is 90.1 Å². The van der Waals surface area contributed by atoms with E-state index in [0.717, 1.165) is 0 Å². The van der Waals surface area contributed by atoms with Crippen molar-refractivity contribution in [3.8, 4) is 0 Å². The minimum Gasteiger partial charge on any atom is -0.452 e. The minimum atomic E-state index is -0.641. The lowest BCUT2D eigenvalue weighted by Crippen LogP contribution is -2.10. The molecule has 0 fully saturated rings. The summed E-state index contributed by atoms with van der Waals surface area (Å²) in [5.74, 6) is -0.339. The number of carbonyl (C=O) groups excluding carboxylic acids is 1. The number of ether oxygens (including phenoxy) is 1. The second-order valence-electron chi connectivity index (χ2n) is 4.80. The van der Waals surface area contributed by atoms with Crippen molar-refractivity contribution in [3.63, 3.8) is 0 Å². The van der Waals surface area contributed by atoms with Gasteiger partial charge in [0.25, 0.3) is 5.89 Å². The van der Waals surface area contributed by atoms with Gasteiger partial charge in [-0.2, -0.15) is 0 Å². The van der Waals surface area contributed by atoms with Crippen molar-refractivity contribution in [2.24, 2.45) is 0 Å². The molecule has 0 aliphatic rings. The smallest absolute Gasteiger partial charge is 0.342 e. The van der Waals surface area contributed by atoms with Gasteiger partial charge in [0.1, 0.15) is 17.2 Å². The Morgan fingerprint density at radius 3 is 2.83 bits per heavy atom. The third-order valence-corrected chi connectivity index (χ3v) is 3.05. The lowest BCUT2D eigenvalue weighted by Gasteiger charge is -2.10. The van der Waals surface area contributed by atoms with Crippen molar-refractivity contribution in [2.45, 2.75) is 13.5 Å². The van der Waals surface area contributed by atoms with Gasteiger partial charge in [-0.05, 0) is 24.3 Å². The molecule has 1 N–H and O–H groups in total. The maximum Gasteiger partial charge on any atom is 0.342 e. The summed E-state index contributed by atoms with van der Waals surface area (Å²) in [6, 6.07) is 9.20. The number of rotatable bonds is 5. The van der Waals surface area contributed by atoms with E-state index >= 15 is 0 Å². The van der Waals surface area contributed by atoms with Crippen LogP contribution in [0.25, 0.3) is 0 Å². The van der Waals surface area contributed by atoms with Crippen LogP contribution in [-0.4, -0.2) is 21.2 Å². The molecule has 0 atom stereocenters. The Kier molecular flexibility index (Phi) is 4.46. The Bertz CT molecular complexity index is 866. The number of carbonyl (C=O) groups is 1. The molecule has 0 radical (unpaired) electrons. The van der Waals surface area contributed by atoms with Gasteiger partial charge in [-0.1, -0.05) is 12.1 Å². The molecule has 2 heterocycles. The molecule has 2 aromatic heterocycles. The van der Waals surface area contributed by atoms with E-state index < -0.39 is 11.8 Å². The van der Waals surface area contributed by atoms with E-state index in [1.165, 1.54) is 18.3 Å². The molecule has 7 nitrogen and oxygen atoms in total. The molecule has 0 amide bonds. The minimum absolute atomic E-state index is 0.159. The zero-order chi connectivity index (χ0) is 16.9. The highest BCUT2D eigenvalue weighted by atomic mass is 19.1. The van der Waals surface area contributed by atoms with Crippen LogP contribution in [0.15, 0.2) is 47.0 Å². The Hall–Kier alpha value is -3.29. The first-order valence-corrected chi connectivity index (χ1v) is 7.06. The molecule has 3 rings (SSSR count). The van der Waals surface area contributed by atoms with E-state index in [-0.39, 0.29) is 29.6 Å². The molecule has 0 saturated carbocycles. The fraction of sp³-hybridized carbons (Fsp3) is 0.125. The third kappa shape index (κ3) is 3.54. The highest BCUT2D eigenvalue weighted by Crippen LogP contribution is 2.21. The van der Waals surface area contributed by atoms with Crippen molar-refractivity contribution < 1.29 is 18.3 Å². The van der Waals surface area contributed by atoms with E-state index in [4.69, 9.17) is 9.15 Å². The molecule has 0 saturated heterocycles. The van der Waals surface area contributed by atoms with Gasteiger partial charge in [0.15, 0.2) is 6.61 Å². The van der Waals surface area contributed by atoms with Crippen molar-refractivity contribution in [1.29, 1.82) is 0 Å². The predicted molar refractivity (Wildman–Crippen MR) is 82.1 cm³/mol. The van der Waals surface area contributed by atoms with E-state index in [0.29, 0.717) is 5.89 Å². The van der Waals surface area contributed by atoms with Gasteiger partial charge in [0, 0.05) is 13.1 Å². The summed E-state index contributed by atoms with van der Waals surface area (Å²) in [5, 5.41) is 10.2. The number of halogens is 1. The predicted octanol–water partition coefficient (Wildman–Crippen LogP) is 3.01. The molecule has 3 aromatic rings. The SMILES string of the molecule is Cc1nnc(COC(=O)c2cccnc2Nc2ccccc2F)o1. The highest BCUT2D eigenvalue weighted by Gasteiger charge is 2.16. The van der Waals surface area contributed by atoms with E-state index in [1.807, 2.05) is 0 Å². The van der Waals surface area contributed by atoms with Crippen molar-refractivity contribution in [2.75, 3.05) is 5.32 Å². The number of benzene rings is 1. The van der Waals surface area contributed by atoms with Gasteiger partial charge in [0.05, 0.1) is 5.69 Å². The normalized spacial score (nSPS) is 10.4. The lowest BCUT2D eigenvalue weighted by atomic mass is 10.2. The molecular formula is C16H13FN4O3. The summed E-state index contributed by atoms with van der Waals surface area (Å²) in [7, 11) is 0. The van der Waals surface area contributed by atoms with Crippen LogP contribution in [0.5, 0.6) is 0 Å². The Morgan fingerprint density at radius 1 is 1.25 bits per heavy atom. The number of aryl methyl sites for hydroxylation is 1. The highest BCUT2D eigenvalue weighted by molar-refractivity contribution is 5.95. The van der Waals surface area contributed by atoms with Crippen molar-refractivity contribution >= 4 is 17.5 Å². The van der Waals surface area contributed by atoms with Gasteiger partial charge in [-0.15, -0.1) is 10.2 Å². The molecule has 0 aliphatic carbocycles. The zero-order valence-electron chi connectivity index (χ0n) is 12.7. The molecule has 8 heteroatoms. The standard InChI is InChI=1S/C16H13FN4O3/c1-10-20-21-14(24-10)9-23-16(22)11-5-4-8-18-15(11)19-13-7-3-2-6-12(13)17/h2-8H,9H2,1H3,(H,18,19). The van der Waals surface area contributed by atoms with Crippen LogP contribution >= 0.6 is 0 Å². The number of para-hydroxylation sites is 1. The molecule has 0 bridgehead atoms. The largest absolute Gasteiger partial charge is 0.452 e. The number of hydrogen-bond donors (Lipinski definition) is 1. The number of pyridine rings is 1. The molecule has 0 unspecified atom stereocenters. The number of aromatic nitrogens is 3. The maximum atomic E-state index is 13.7. The Balaban J connectivity index is 1.76. The van der Waals surface area contributed by atoms with Crippen molar-refractivity contribution in [3.05, 3.63) is 65.8 Å². The van der Waals surface area contributed by atoms with Crippen LogP contribution in [0.3, 0.4) is 0 Å². The first kappa shape index (κ1) is 15.6. The number of anilines is 2. The van der Waals surface area contributed by atoms with E-state index in [2.05, 4.69) is 20.5 Å². The van der Waals surface area contributed by atoms with Gasteiger partial charge < -0.3 is 14.5 Å². The number of nitrogens with zero attached hydrogens (tertiary/aromatic N) is 3. The fourth-order valence-corrected chi connectivity index (χ4v) is 1.96. The van der Waals surface area contributed by atoms with Crippen LogP contribution in [0, 0.1) is 12.7 Å². The summed E-state index contributed by atoms with van der Waals surface area (Å²) < 4.78 is 24.0. The van der Waals surface area contributed by atoms with Gasteiger partial charge in [-0.25, -0.2) is 14.2 Å². The Morgan fingerprint density at radius 2 is 2.08 bits per heavy atom. The zero-order valence-corrected chi connectivity index (χ0v) is 12.7. The molecule has 122 valence electrons. The summed E-state index contributed by atoms with van der Waals surface area (Å²) in [6.07, 6.45) is 1.49. The first-order valence-electron chi connectivity index (χ1n) is 7.06. The van der Waals surface area contributed by atoms with Gasteiger partial charge in [-0.3, -0.25) is 0 Å². The lowest BCUT2D eigenvalue weighted by molar-refractivity contribution is 0.0437. The number of esters is 1. The average Bonchev–Trinajstić information content (AvgIpc) is 3.01. The second kappa shape index (κ2) is 6.86. The maximum absolute atomic E-state index is 13.7. The molecular weight excluding hydrogens is 315 g/mol. The van der Waals surface area contributed by atoms with Crippen LogP contribution in [0.1, 0.15) is 22.1 Å². The first-order chi connectivity index (χ1) is 11.6.